The molecular weight excluding hydrogens is 437 g/mol. The Labute approximate surface area is 191 Å². The Morgan fingerprint density at radius 1 is 0.903 bits per heavy atom. The molecule has 0 saturated heterocycles. The largest absolute Gasteiger partial charge is 0.490 e. The lowest BCUT2D eigenvalue weighted by Gasteiger charge is -2.19. The predicted octanol–water partition coefficient (Wildman–Crippen LogP) is 6.35. The molecular formula is C24H23Cl2NO4. The molecule has 0 aromatic heterocycles. The van der Waals surface area contributed by atoms with E-state index in [1.54, 1.807) is 0 Å². The van der Waals surface area contributed by atoms with Crippen LogP contribution in [0.25, 0.3) is 0 Å². The smallest absolute Gasteiger partial charge is 0.180 e. The molecule has 3 aromatic rings. The summed E-state index contributed by atoms with van der Waals surface area (Å²) in [6.07, 6.45) is 0. The average molecular weight is 460 g/mol. The van der Waals surface area contributed by atoms with Gasteiger partial charge in [0, 0.05) is 28.9 Å². The molecule has 0 unspecified atom stereocenters. The molecule has 0 saturated carbocycles. The highest BCUT2D eigenvalue weighted by Crippen LogP contribution is 2.38. The molecule has 162 valence electrons. The zero-order chi connectivity index (χ0) is 21.6. The van der Waals surface area contributed by atoms with E-state index in [-0.39, 0.29) is 0 Å². The lowest BCUT2D eigenvalue weighted by molar-refractivity contribution is 0.171. The lowest BCUT2D eigenvalue weighted by Crippen LogP contribution is -2.15. The number of halogens is 2. The van der Waals surface area contributed by atoms with Gasteiger partial charge in [-0.25, -0.2) is 0 Å². The number of nitrogens with one attached hydrogen (secondary N) is 1. The normalized spacial score (nSPS) is 12.4. The second-order valence-corrected chi connectivity index (χ2v) is 7.74. The lowest BCUT2D eigenvalue weighted by atomic mass is 10.2. The summed E-state index contributed by atoms with van der Waals surface area (Å²) in [6, 6.07) is 17.1. The van der Waals surface area contributed by atoms with Gasteiger partial charge in [-0.1, -0.05) is 41.4 Å². The number of benzene rings is 3. The first-order valence-electron chi connectivity index (χ1n) is 10.1. The van der Waals surface area contributed by atoms with Crippen molar-refractivity contribution < 1.29 is 18.9 Å². The molecule has 1 heterocycles. The monoisotopic (exact) mass is 459 g/mol. The van der Waals surface area contributed by atoms with Gasteiger partial charge >= 0.3 is 0 Å². The SMILES string of the molecule is CCOc1cc(CNc2ccc3c(c2)OCCO3)cc(Cl)c1OCc1ccccc1Cl. The van der Waals surface area contributed by atoms with Crippen LogP contribution < -0.4 is 24.3 Å². The molecule has 0 amide bonds. The molecule has 1 aliphatic heterocycles. The zero-order valence-corrected chi connectivity index (χ0v) is 18.6. The van der Waals surface area contributed by atoms with E-state index < -0.39 is 0 Å². The third kappa shape index (κ3) is 5.30. The molecule has 0 atom stereocenters. The van der Waals surface area contributed by atoms with Crippen LogP contribution in [0.2, 0.25) is 10.0 Å². The van der Waals surface area contributed by atoms with E-state index in [0.717, 1.165) is 28.3 Å². The number of anilines is 1. The van der Waals surface area contributed by atoms with Crippen LogP contribution in [-0.4, -0.2) is 19.8 Å². The van der Waals surface area contributed by atoms with Gasteiger partial charge in [0.1, 0.15) is 19.8 Å². The van der Waals surface area contributed by atoms with Crippen molar-refractivity contribution in [2.45, 2.75) is 20.1 Å². The van der Waals surface area contributed by atoms with Crippen molar-refractivity contribution in [1.29, 1.82) is 0 Å². The van der Waals surface area contributed by atoms with E-state index >= 15 is 0 Å². The van der Waals surface area contributed by atoms with Crippen LogP contribution in [0.1, 0.15) is 18.1 Å². The number of hydrogen-bond acceptors (Lipinski definition) is 5. The first-order chi connectivity index (χ1) is 15.1. The quantitative estimate of drug-likeness (QED) is 0.424. The van der Waals surface area contributed by atoms with E-state index in [0.29, 0.717) is 54.5 Å². The third-order valence-corrected chi connectivity index (χ3v) is 5.39. The van der Waals surface area contributed by atoms with Gasteiger partial charge in [0.25, 0.3) is 0 Å². The second kappa shape index (κ2) is 10.0. The first-order valence-corrected chi connectivity index (χ1v) is 10.8. The topological polar surface area (TPSA) is 49.0 Å². The average Bonchev–Trinajstić information content (AvgIpc) is 2.78. The molecule has 31 heavy (non-hydrogen) atoms. The van der Waals surface area contributed by atoms with E-state index in [1.165, 1.54) is 0 Å². The van der Waals surface area contributed by atoms with Gasteiger partial charge in [0.05, 0.1) is 11.6 Å². The fourth-order valence-electron chi connectivity index (χ4n) is 3.25. The summed E-state index contributed by atoms with van der Waals surface area (Å²) in [4.78, 5) is 0. The Kier molecular flexibility index (Phi) is 6.95. The highest BCUT2D eigenvalue weighted by Gasteiger charge is 2.15. The van der Waals surface area contributed by atoms with Crippen LogP contribution >= 0.6 is 23.2 Å². The van der Waals surface area contributed by atoms with E-state index in [9.17, 15) is 0 Å². The van der Waals surface area contributed by atoms with Gasteiger partial charge in [-0.2, -0.15) is 0 Å². The van der Waals surface area contributed by atoms with Gasteiger partial charge in [-0.15, -0.1) is 0 Å². The summed E-state index contributed by atoms with van der Waals surface area (Å²) in [5.41, 5.74) is 2.78. The second-order valence-electron chi connectivity index (χ2n) is 6.93. The van der Waals surface area contributed by atoms with Crippen molar-refractivity contribution in [1.82, 2.24) is 0 Å². The Bertz CT molecular complexity index is 1060. The molecule has 3 aromatic carbocycles. The maximum Gasteiger partial charge on any atom is 0.180 e. The maximum atomic E-state index is 6.55. The van der Waals surface area contributed by atoms with Crippen LogP contribution in [0.3, 0.4) is 0 Å². The van der Waals surface area contributed by atoms with Gasteiger partial charge in [-0.05, 0) is 42.8 Å². The fourth-order valence-corrected chi connectivity index (χ4v) is 3.73. The zero-order valence-electron chi connectivity index (χ0n) is 17.1. The summed E-state index contributed by atoms with van der Waals surface area (Å²) in [5, 5.41) is 4.52. The molecule has 0 bridgehead atoms. The molecule has 7 heteroatoms. The van der Waals surface area contributed by atoms with Crippen LogP contribution in [-0.2, 0) is 13.2 Å². The summed E-state index contributed by atoms with van der Waals surface area (Å²) in [5.74, 6) is 2.61. The maximum absolute atomic E-state index is 6.55. The molecule has 0 radical (unpaired) electrons. The van der Waals surface area contributed by atoms with Crippen molar-refractivity contribution in [2.24, 2.45) is 0 Å². The summed E-state index contributed by atoms with van der Waals surface area (Å²) in [6.45, 7) is 4.41. The fraction of sp³-hybridized carbons (Fsp3) is 0.250. The minimum atomic E-state index is 0.300. The van der Waals surface area contributed by atoms with Crippen molar-refractivity contribution in [3.05, 3.63) is 75.8 Å². The Hall–Kier alpha value is -2.76. The van der Waals surface area contributed by atoms with Gasteiger partial charge in [0.15, 0.2) is 23.0 Å². The van der Waals surface area contributed by atoms with Crippen molar-refractivity contribution in [3.8, 4) is 23.0 Å². The molecule has 0 spiro atoms. The van der Waals surface area contributed by atoms with Gasteiger partial charge in [0.2, 0.25) is 0 Å². The van der Waals surface area contributed by atoms with Crippen LogP contribution in [0, 0.1) is 0 Å². The molecule has 1 aliphatic rings. The molecule has 5 nitrogen and oxygen atoms in total. The van der Waals surface area contributed by atoms with Crippen molar-refractivity contribution in [3.63, 3.8) is 0 Å². The summed E-state index contributed by atoms with van der Waals surface area (Å²) < 4.78 is 23.0. The Morgan fingerprint density at radius 2 is 1.71 bits per heavy atom. The predicted molar refractivity (Wildman–Crippen MR) is 123 cm³/mol. The van der Waals surface area contributed by atoms with Crippen molar-refractivity contribution >= 4 is 28.9 Å². The minimum absolute atomic E-state index is 0.300. The van der Waals surface area contributed by atoms with Crippen LogP contribution in [0.15, 0.2) is 54.6 Å². The highest BCUT2D eigenvalue weighted by molar-refractivity contribution is 6.32. The third-order valence-electron chi connectivity index (χ3n) is 4.74. The molecule has 0 aliphatic carbocycles. The van der Waals surface area contributed by atoms with Gasteiger partial charge in [-0.3, -0.25) is 0 Å². The van der Waals surface area contributed by atoms with Gasteiger partial charge < -0.3 is 24.3 Å². The molecule has 1 N–H and O–H groups in total. The summed E-state index contributed by atoms with van der Waals surface area (Å²) in [7, 11) is 0. The number of ether oxygens (including phenoxy) is 4. The number of hydrogen-bond donors (Lipinski definition) is 1. The minimum Gasteiger partial charge on any atom is -0.490 e. The van der Waals surface area contributed by atoms with E-state index in [1.807, 2.05) is 61.5 Å². The highest BCUT2D eigenvalue weighted by atomic mass is 35.5. The van der Waals surface area contributed by atoms with E-state index in [4.69, 9.17) is 42.1 Å². The Balaban J connectivity index is 1.48. The standard InChI is InChI=1S/C24H23Cl2NO4/c1-2-28-23-12-16(14-27-18-7-8-21-22(13-18)30-10-9-29-21)11-20(26)24(23)31-15-17-5-3-4-6-19(17)25/h3-8,11-13,27H,2,9-10,14-15H2,1H3. The number of fused-ring (bicyclic) bond motifs is 1. The molecule has 4 rings (SSSR count). The first kappa shape index (κ1) is 21.5. The Morgan fingerprint density at radius 3 is 2.52 bits per heavy atom. The van der Waals surface area contributed by atoms with Crippen LogP contribution in [0.5, 0.6) is 23.0 Å². The molecule has 0 fully saturated rings. The summed E-state index contributed by atoms with van der Waals surface area (Å²) >= 11 is 12.8. The van der Waals surface area contributed by atoms with Crippen molar-refractivity contribution in [2.75, 3.05) is 25.1 Å². The van der Waals surface area contributed by atoms with Crippen LogP contribution in [0.4, 0.5) is 5.69 Å². The van der Waals surface area contributed by atoms with E-state index in [2.05, 4.69) is 5.32 Å². The number of rotatable bonds is 8.